The molecule has 0 radical (unpaired) electrons. The molecule has 0 aromatic rings. The Labute approximate surface area is 152 Å². The molecule has 0 saturated carbocycles. The maximum Gasteiger partial charge on any atom is 0.328 e. The summed E-state index contributed by atoms with van der Waals surface area (Å²) < 4.78 is 0. The topological polar surface area (TPSA) is 206 Å². The number of carboxylic acids is 1. The van der Waals surface area contributed by atoms with Gasteiger partial charge in [0, 0.05) is 6.54 Å². The van der Waals surface area contributed by atoms with E-state index in [1.165, 1.54) is 6.92 Å². The van der Waals surface area contributed by atoms with Crippen molar-refractivity contribution in [3.8, 4) is 0 Å². The number of guanidine groups is 1. The van der Waals surface area contributed by atoms with Crippen molar-refractivity contribution in [1.29, 1.82) is 0 Å². The van der Waals surface area contributed by atoms with Gasteiger partial charge in [-0.25, -0.2) is 4.79 Å². The number of amides is 2. The van der Waals surface area contributed by atoms with Crippen LogP contribution >= 0.6 is 0 Å². The monoisotopic (exact) mass is 374 g/mol. The summed E-state index contributed by atoms with van der Waals surface area (Å²) in [5, 5.41) is 23.3. The predicted molar refractivity (Wildman–Crippen MR) is 95.9 cm³/mol. The minimum Gasteiger partial charge on any atom is -0.480 e. The minimum atomic E-state index is -1.50. The molecule has 0 aliphatic carbocycles. The van der Waals surface area contributed by atoms with Gasteiger partial charge in [0.15, 0.2) is 12.0 Å². The minimum absolute atomic E-state index is 0.100. The van der Waals surface area contributed by atoms with Gasteiger partial charge >= 0.3 is 5.97 Å². The van der Waals surface area contributed by atoms with Crippen LogP contribution in [0.3, 0.4) is 0 Å². The van der Waals surface area contributed by atoms with Gasteiger partial charge in [-0.15, -0.1) is 0 Å². The highest BCUT2D eigenvalue weighted by molar-refractivity contribution is 5.91. The lowest BCUT2D eigenvalue weighted by atomic mass is 10.0. The summed E-state index contributed by atoms with van der Waals surface area (Å²) >= 11 is 0. The number of nitrogens with one attached hydrogen (secondary N) is 2. The number of carbonyl (C=O) groups is 3. The van der Waals surface area contributed by atoms with Crippen molar-refractivity contribution < 1.29 is 24.6 Å². The molecular formula is C15H30N6O5. The smallest absolute Gasteiger partial charge is 0.328 e. The summed E-state index contributed by atoms with van der Waals surface area (Å²) in [4.78, 5) is 39.4. The van der Waals surface area contributed by atoms with E-state index in [0.717, 1.165) is 0 Å². The van der Waals surface area contributed by atoms with Crippen LogP contribution in [0, 0.1) is 5.92 Å². The van der Waals surface area contributed by atoms with Gasteiger partial charge in [-0.05, 0) is 25.7 Å². The summed E-state index contributed by atoms with van der Waals surface area (Å²) in [5.41, 5.74) is 16.2. The van der Waals surface area contributed by atoms with Crippen LogP contribution in [0.15, 0.2) is 4.99 Å². The summed E-state index contributed by atoms with van der Waals surface area (Å²) in [5.74, 6) is -2.92. The van der Waals surface area contributed by atoms with E-state index in [-0.39, 0.29) is 24.8 Å². The van der Waals surface area contributed by atoms with Gasteiger partial charge in [0.05, 0.1) is 12.1 Å². The van der Waals surface area contributed by atoms with Crippen LogP contribution in [0.4, 0.5) is 0 Å². The molecule has 0 bridgehead atoms. The first kappa shape index (κ1) is 23.6. The number of aliphatic hydroxyl groups is 1. The van der Waals surface area contributed by atoms with Crippen LogP contribution < -0.4 is 27.8 Å². The maximum atomic E-state index is 12.4. The first-order valence-electron chi connectivity index (χ1n) is 8.30. The van der Waals surface area contributed by atoms with E-state index in [2.05, 4.69) is 15.6 Å². The Hall–Kier alpha value is -2.40. The van der Waals surface area contributed by atoms with E-state index in [1.807, 2.05) is 0 Å². The Kier molecular flexibility index (Phi) is 10.2. The van der Waals surface area contributed by atoms with Gasteiger partial charge in [-0.2, -0.15) is 0 Å². The first-order valence-corrected chi connectivity index (χ1v) is 8.30. The highest BCUT2D eigenvalue weighted by atomic mass is 16.4. The number of hydrogen-bond donors (Lipinski definition) is 7. The molecule has 0 fully saturated rings. The molecule has 0 heterocycles. The normalized spacial score (nSPS) is 15.5. The maximum absolute atomic E-state index is 12.4. The molecule has 0 aromatic heterocycles. The third kappa shape index (κ3) is 8.62. The van der Waals surface area contributed by atoms with E-state index < -0.39 is 42.0 Å². The molecule has 0 spiro atoms. The Morgan fingerprint density at radius 3 is 2.08 bits per heavy atom. The zero-order valence-corrected chi connectivity index (χ0v) is 15.3. The van der Waals surface area contributed by atoms with Crippen LogP contribution in [-0.2, 0) is 14.4 Å². The van der Waals surface area contributed by atoms with E-state index in [9.17, 15) is 19.5 Å². The predicted octanol–water partition coefficient (Wildman–Crippen LogP) is -2.54. The lowest BCUT2D eigenvalue weighted by Gasteiger charge is -2.24. The summed E-state index contributed by atoms with van der Waals surface area (Å²) in [6.07, 6.45) is -0.794. The standard InChI is InChI=1S/C15H30N6O5/c1-7(2)10(16)13(24)20-9(5-4-6-19-15(17)18)12(23)21-11(8(3)22)14(25)26/h7-11,22H,4-6,16H2,1-3H3,(H,20,24)(H,21,23)(H,25,26)(H4,17,18,19)/t8-,9+,10+,11+/m1/s1. The van der Waals surface area contributed by atoms with Crippen LogP contribution in [0.25, 0.3) is 0 Å². The van der Waals surface area contributed by atoms with Crippen LogP contribution in [0.5, 0.6) is 0 Å². The third-order valence-electron chi connectivity index (χ3n) is 3.65. The van der Waals surface area contributed by atoms with Gasteiger partial charge in [-0.1, -0.05) is 13.8 Å². The van der Waals surface area contributed by atoms with E-state index in [4.69, 9.17) is 22.3 Å². The molecule has 10 N–H and O–H groups in total. The van der Waals surface area contributed by atoms with Crippen molar-refractivity contribution >= 4 is 23.7 Å². The van der Waals surface area contributed by atoms with Crippen molar-refractivity contribution in [2.24, 2.45) is 28.1 Å². The van der Waals surface area contributed by atoms with Gasteiger partial charge in [0.2, 0.25) is 11.8 Å². The van der Waals surface area contributed by atoms with Crippen LogP contribution in [0.1, 0.15) is 33.6 Å². The molecule has 0 aliphatic heterocycles. The van der Waals surface area contributed by atoms with Gasteiger partial charge in [-0.3, -0.25) is 14.6 Å². The molecule has 0 aromatic carbocycles. The van der Waals surface area contributed by atoms with Gasteiger partial charge < -0.3 is 38.0 Å². The van der Waals surface area contributed by atoms with Crippen molar-refractivity contribution in [3.63, 3.8) is 0 Å². The SMILES string of the molecule is CC(C)[C@H](N)C(=O)N[C@@H](CCCN=C(N)N)C(=O)N[C@H](C(=O)O)[C@@H](C)O. The molecule has 11 heteroatoms. The second kappa shape index (κ2) is 11.3. The Balaban J connectivity index is 5.10. The number of aliphatic hydroxyl groups excluding tert-OH is 1. The van der Waals surface area contributed by atoms with Crippen LogP contribution in [0.2, 0.25) is 0 Å². The number of carbonyl (C=O) groups excluding carboxylic acids is 2. The summed E-state index contributed by atoms with van der Waals surface area (Å²) in [6, 6.07) is -3.37. The third-order valence-corrected chi connectivity index (χ3v) is 3.65. The largest absolute Gasteiger partial charge is 0.480 e. The number of aliphatic carboxylic acids is 1. The molecule has 2 amide bonds. The second-order valence-corrected chi connectivity index (χ2v) is 6.34. The Morgan fingerprint density at radius 2 is 1.65 bits per heavy atom. The zero-order chi connectivity index (χ0) is 20.4. The van der Waals surface area contributed by atoms with Crippen molar-refractivity contribution in [2.75, 3.05) is 6.54 Å². The number of hydrogen-bond acceptors (Lipinski definition) is 6. The van der Waals surface area contributed by atoms with E-state index in [1.54, 1.807) is 13.8 Å². The fraction of sp³-hybridized carbons (Fsp3) is 0.733. The molecule has 0 unspecified atom stereocenters. The fourth-order valence-corrected chi connectivity index (χ4v) is 1.99. The summed E-state index contributed by atoms with van der Waals surface area (Å²) in [7, 11) is 0. The number of carboxylic acid groups (broad SMARTS) is 1. The second-order valence-electron chi connectivity index (χ2n) is 6.34. The van der Waals surface area contributed by atoms with Crippen molar-refractivity contribution in [2.45, 2.75) is 57.8 Å². The molecule has 26 heavy (non-hydrogen) atoms. The fourth-order valence-electron chi connectivity index (χ4n) is 1.99. The van der Waals surface area contributed by atoms with E-state index >= 15 is 0 Å². The first-order chi connectivity index (χ1) is 12.0. The van der Waals surface area contributed by atoms with E-state index in [0.29, 0.717) is 6.42 Å². The average Bonchev–Trinajstić information content (AvgIpc) is 2.52. The summed E-state index contributed by atoms with van der Waals surface area (Å²) in [6.45, 7) is 4.98. The lowest BCUT2D eigenvalue weighted by molar-refractivity contribution is -0.145. The number of aliphatic imine (C=N–C) groups is 1. The highest BCUT2D eigenvalue weighted by Crippen LogP contribution is 2.04. The molecule has 4 atom stereocenters. The number of nitrogens with two attached hydrogens (primary N) is 3. The van der Waals surface area contributed by atoms with Crippen molar-refractivity contribution in [1.82, 2.24) is 10.6 Å². The number of nitrogens with zero attached hydrogens (tertiary/aromatic N) is 1. The zero-order valence-electron chi connectivity index (χ0n) is 15.3. The van der Waals surface area contributed by atoms with Crippen molar-refractivity contribution in [3.05, 3.63) is 0 Å². The molecule has 0 rings (SSSR count). The lowest BCUT2D eigenvalue weighted by Crippen LogP contribution is -2.57. The average molecular weight is 374 g/mol. The molecule has 150 valence electrons. The molecule has 0 aliphatic rings. The molecular weight excluding hydrogens is 344 g/mol. The van der Waals surface area contributed by atoms with Gasteiger partial charge in [0.25, 0.3) is 0 Å². The Morgan fingerprint density at radius 1 is 1.08 bits per heavy atom. The molecule has 11 nitrogen and oxygen atoms in total. The highest BCUT2D eigenvalue weighted by Gasteiger charge is 2.30. The van der Waals surface area contributed by atoms with Gasteiger partial charge in [0.1, 0.15) is 6.04 Å². The molecule has 0 saturated heterocycles. The number of rotatable bonds is 11. The quantitative estimate of drug-likeness (QED) is 0.116. The van der Waals surface area contributed by atoms with Crippen LogP contribution in [-0.4, -0.2) is 64.7 Å². The Bertz CT molecular complexity index is 519.